The van der Waals surface area contributed by atoms with Gasteiger partial charge in [-0.15, -0.1) is 5.10 Å². The molecule has 3 aromatic rings. The first-order chi connectivity index (χ1) is 17.2. The van der Waals surface area contributed by atoms with Crippen LogP contribution in [0, 0.1) is 17.5 Å². The van der Waals surface area contributed by atoms with Crippen molar-refractivity contribution in [2.75, 3.05) is 13.2 Å². The van der Waals surface area contributed by atoms with Crippen LogP contribution in [0.3, 0.4) is 0 Å². The highest BCUT2D eigenvalue weighted by Crippen LogP contribution is 2.40. The fraction of sp³-hybridized carbons (Fsp3) is 0.333. The Labute approximate surface area is 214 Å². The van der Waals surface area contributed by atoms with Crippen LogP contribution in [0.2, 0.25) is 0 Å². The van der Waals surface area contributed by atoms with Crippen molar-refractivity contribution in [3.05, 3.63) is 58.7 Å². The maximum atomic E-state index is 13.7. The summed E-state index contributed by atoms with van der Waals surface area (Å²) in [6, 6.07) is 2.07. The predicted octanol–water partition coefficient (Wildman–Crippen LogP) is 2.40. The molecular weight excluding hydrogens is 573 g/mol. The molecule has 5 unspecified atom stereocenters. The second-order valence-electron chi connectivity index (χ2n) is 7.67. The summed E-state index contributed by atoms with van der Waals surface area (Å²) >= 11 is 4.42. The first-order valence-electron chi connectivity index (χ1n) is 10.3. The molecule has 5 atom stereocenters. The van der Waals surface area contributed by atoms with Crippen molar-refractivity contribution in [3.63, 3.8) is 0 Å². The lowest BCUT2D eigenvalue weighted by molar-refractivity contribution is -0.196. The lowest BCUT2D eigenvalue weighted by Gasteiger charge is -2.43. The summed E-state index contributed by atoms with van der Waals surface area (Å²) in [7, 11) is 0. The number of aliphatic hydroxyl groups excluding tert-OH is 2. The number of aliphatic carboxylic acids is 1. The van der Waals surface area contributed by atoms with E-state index in [1.807, 2.05) is 0 Å². The Morgan fingerprint density at radius 1 is 1.22 bits per heavy atom. The molecule has 15 heteroatoms. The number of hydrogen-bond donors (Lipinski definition) is 3. The van der Waals surface area contributed by atoms with Crippen LogP contribution in [0.25, 0.3) is 11.3 Å². The maximum absolute atomic E-state index is 13.7. The third-order valence-corrected chi connectivity index (χ3v) is 6.79. The molecule has 0 spiro atoms. The molecule has 2 aromatic heterocycles. The SMILES string of the molecule is O=C(O)COC1C(Sc2cncc(Br)c2)OC(CO)C(O)C1n1cc(-c2cc(F)c(F)c(F)c2)nn1. The standard InChI is InChI=1S/C21H18BrF3N4O6S/c22-10-3-11(5-26-4-10)36-21-20(34-8-16(31)32)18(19(33)15(7-30)35-21)29-6-14(27-28-29)9-1-12(23)17(25)13(24)2-9/h1-6,15,18-21,30,33H,7-8H2,(H,31,32). The number of pyridine rings is 1. The van der Waals surface area contributed by atoms with Gasteiger partial charge in [-0.25, -0.2) is 22.6 Å². The number of hydrogen-bond acceptors (Lipinski definition) is 9. The predicted molar refractivity (Wildman–Crippen MR) is 121 cm³/mol. The van der Waals surface area contributed by atoms with E-state index in [0.717, 1.165) is 28.6 Å². The van der Waals surface area contributed by atoms with E-state index < -0.39 is 66.4 Å². The van der Waals surface area contributed by atoms with Gasteiger partial charge in [-0.3, -0.25) is 4.98 Å². The van der Waals surface area contributed by atoms with Gasteiger partial charge in [-0.2, -0.15) is 0 Å². The van der Waals surface area contributed by atoms with Crippen LogP contribution in [0.15, 0.2) is 46.2 Å². The molecule has 36 heavy (non-hydrogen) atoms. The monoisotopic (exact) mass is 590 g/mol. The Morgan fingerprint density at radius 2 is 1.94 bits per heavy atom. The number of nitrogens with zero attached hydrogens (tertiary/aromatic N) is 4. The average Bonchev–Trinajstić information content (AvgIpc) is 3.31. The number of aliphatic hydroxyl groups is 2. The van der Waals surface area contributed by atoms with Gasteiger partial charge in [0.2, 0.25) is 0 Å². The first-order valence-corrected chi connectivity index (χ1v) is 12.0. The molecule has 0 bridgehead atoms. The van der Waals surface area contributed by atoms with Gasteiger partial charge in [0.15, 0.2) is 17.5 Å². The minimum Gasteiger partial charge on any atom is -0.480 e. The molecule has 1 saturated heterocycles. The zero-order chi connectivity index (χ0) is 26.0. The van der Waals surface area contributed by atoms with Crippen molar-refractivity contribution in [1.82, 2.24) is 20.0 Å². The summed E-state index contributed by atoms with van der Waals surface area (Å²) in [6.07, 6.45) is 0.629. The van der Waals surface area contributed by atoms with Crippen molar-refractivity contribution < 1.29 is 42.8 Å². The summed E-state index contributed by atoms with van der Waals surface area (Å²) in [5.74, 6) is -5.77. The number of benzene rings is 1. The topological polar surface area (TPSA) is 140 Å². The van der Waals surface area contributed by atoms with E-state index in [9.17, 15) is 33.3 Å². The average molecular weight is 591 g/mol. The maximum Gasteiger partial charge on any atom is 0.329 e. The van der Waals surface area contributed by atoms with E-state index in [2.05, 4.69) is 31.2 Å². The highest BCUT2D eigenvalue weighted by Gasteiger charge is 2.48. The molecule has 1 aliphatic rings. The van der Waals surface area contributed by atoms with Gasteiger partial charge in [-0.1, -0.05) is 17.0 Å². The Kier molecular flexibility index (Phi) is 8.27. The molecule has 4 rings (SSSR count). The number of halogens is 4. The summed E-state index contributed by atoms with van der Waals surface area (Å²) in [5.41, 5.74) is -1.11. The van der Waals surface area contributed by atoms with Gasteiger partial charge in [-0.05, 0) is 34.1 Å². The number of carboxylic acids is 1. The molecule has 1 aromatic carbocycles. The number of carboxylic acid groups (broad SMARTS) is 1. The van der Waals surface area contributed by atoms with E-state index in [4.69, 9.17) is 9.47 Å². The molecule has 192 valence electrons. The highest BCUT2D eigenvalue weighted by molar-refractivity contribution is 9.10. The summed E-state index contributed by atoms with van der Waals surface area (Å²) < 4.78 is 54.0. The smallest absolute Gasteiger partial charge is 0.329 e. The lowest BCUT2D eigenvalue weighted by atomic mass is 9.97. The molecule has 3 N–H and O–H groups in total. The number of aromatic nitrogens is 4. The highest BCUT2D eigenvalue weighted by atomic mass is 79.9. The minimum atomic E-state index is -1.64. The second-order valence-corrected chi connectivity index (χ2v) is 9.76. The van der Waals surface area contributed by atoms with Gasteiger partial charge >= 0.3 is 5.97 Å². The molecule has 3 heterocycles. The van der Waals surface area contributed by atoms with Crippen LogP contribution in [0.4, 0.5) is 13.2 Å². The third-order valence-electron chi connectivity index (χ3n) is 5.25. The third kappa shape index (κ3) is 5.71. The largest absolute Gasteiger partial charge is 0.480 e. The van der Waals surface area contributed by atoms with Crippen LogP contribution >= 0.6 is 27.7 Å². The van der Waals surface area contributed by atoms with Crippen molar-refractivity contribution in [3.8, 4) is 11.3 Å². The van der Waals surface area contributed by atoms with Crippen molar-refractivity contribution in [2.45, 2.75) is 34.7 Å². The number of rotatable bonds is 8. The van der Waals surface area contributed by atoms with Gasteiger partial charge < -0.3 is 24.8 Å². The van der Waals surface area contributed by atoms with E-state index in [1.54, 1.807) is 12.3 Å². The number of carbonyl (C=O) groups is 1. The van der Waals surface area contributed by atoms with E-state index >= 15 is 0 Å². The van der Waals surface area contributed by atoms with Gasteiger partial charge in [0.1, 0.15) is 42.1 Å². The van der Waals surface area contributed by atoms with E-state index in [-0.39, 0.29) is 11.3 Å². The quantitative estimate of drug-likeness (QED) is 0.335. The van der Waals surface area contributed by atoms with Crippen LogP contribution < -0.4 is 0 Å². The van der Waals surface area contributed by atoms with Crippen molar-refractivity contribution >= 4 is 33.7 Å². The molecule has 1 fully saturated rings. The first kappa shape index (κ1) is 26.5. The molecule has 10 nitrogen and oxygen atoms in total. The Balaban J connectivity index is 1.71. The molecule has 0 aliphatic carbocycles. The summed E-state index contributed by atoms with van der Waals surface area (Å²) in [4.78, 5) is 15.9. The normalized spacial score (nSPS) is 24.1. The van der Waals surface area contributed by atoms with Crippen molar-refractivity contribution in [1.29, 1.82) is 0 Å². The minimum absolute atomic E-state index is 0.0515. The van der Waals surface area contributed by atoms with Gasteiger partial charge in [0.25, 0.3) is 0 Å². The fourth-order valence-electron chi connectivity index (χ4n) is 3.65. The summed E-state index contributed by atoms with van der Waals surface area (Å²) in [6.45, 7) is -1.34. The Hall–Kier alpha value is -2.56. The van der Waals surface area contributed by atoms with Crippen molar-refractivity contribution in [2.24, 2.45) is 0 Å². The van der Waals surface area contributed by atoms with E-state index in [0.29, 0.717) is 9.37 Å². The lowest BCUT2D eigenvalue weighted by Crippen LogP contribution is -2.56. The number of thioether (sulfide) groups is 1. The van der Waals surface area contributed by atoms with Crippen LogP contribution in [0.5, 0.6) is 0 Å². The molecular formula is C21H18BrF3N4O6S. The van der Waals surface area contributed by atoms with Crippen LogP contribution in [-0.2, 0) is 14.3 Å². The number of ether oxygens (including phenoxy) is 2. The molecule has 1 aliphatic heterocycles. The van der Waals surface area contributed by atoms with Gasteiger partial charge in [0.05, 0.1) is 12.8 Å². The Bertz CT molecular complexity index is 1230. The van der Waals surface area contributed by atoms with E-state index in [1.165, 1.54) is 12.4 Å². The molecule has 0 saturated carbocycles. The molecule has 0 amide bonds. The zero-order valence-corrected chi connectivity index (χ0v) is 20.4. The Morgan fingerprint density at radius 3 is 2.58 bits per heavy atom. The van der Waals surface area contributed by atoms with Gasteiger partial charge in [0, 0.05) is 27.3 Å². The fourth-order valence-corrected chi connectivity index (χ4v) is 5.33. The second kappa shape index (κ2) is 11.2. The van der Waals surface area contributed by atoms with Crippen LogP contribution in [-0.4, -0.2) is 78.2 Å². The zero-order valence-electron chi connectivity index (χ0n) is 18.0. The molecule has 0 radical (unpaired) electrons. The summed E-state index contributed by atoms with van der Waals surface area (Å²) in [5, 5.41) is 37.7. The van der Waals surface area contributed by atoms with Crippen LogP contribution in [0.1, 0.15) is 6.04 Å².